The van der Waals surface area contributed by atoms with Crippen molar-refractivity contribution in [3.05, 3.63) is 108 Å². The summed E-state index contributed by atoms with van der Waals surface area (Å²) >= 11 is -0.213. The first kappa shape index (κ1) is 44.8. The molecule has 3 atom stereocenters. The van der Waals surface area contributed by atoms with Crippen molar-refractivity contribution in [3.8, 4) is 0 Å². The maximum atomic E-state index is 8.61. The molecule has 0 N–H and O–H groups in total. The molecule has 0 aliphatic carbocycles. The van der Waals surface area contributed by atoms with Crippen LogP contribution in [0, 0.1) is 0 Å². The summed E-state index contributed by atoms with van der Waals surface area (Å²) in [4.78, 5) is 21.4. The molecule has 6 aliphatic heterocycles. The standard InChI is InChI=1S/3C11H12N2S.3Na.4O.V/c3*1-2-4-9(5-3-1)10-8-13-6-7-14-11(13)12-10;;;;;;;;/h3*1-5,10H,6-8H2;;;;;;;;/q;;;3*+1;;3*-1;. The molecule has 248 valence electrons. The van der Waals surface area contributed by atoms with Crippen LogP contribution in [0.5, 0.6) is 0 Å². The zero-order valence-electron chi connectivity index (χ0n) is 28.7. The molecule has 9 rings (SSSR count). The van der Waals surface area contributed by atoms with Gasteiger partial charge in [-0.2, -0.15) is 0 Å². The van der Waals surface area contributed by atoms with Crippen LogP contribution in [0.25, 0.3) is 0 Å². The number of thioether (sulfide) groups is 3. The molecular formula is C33H36N6Na3O4S3V. The number of fused-ring (bicyclic) bond motifs is 3. The molecule has 3 aromatic carbocycles. The first-order chi connectivity index (χ1) is 22.8. The van der Waals surface area contributed by atoms with Gasteiger partial charge >= 0.3 is 119 Å². The average Bonchev–Trinajstić information content (AvgIpc) is 3.90. The molecule has 0 radical (unpaired) electrons. The van der Waals surface area contributed by atoms with Crippen molar-refractivity contribution in [1.29, 1.82) is 0 Å². The van der Waals surface area contributed by atoms with E-state index in [4.69, 9.17) is 30.7 Å². The number of rotatable bonds is 3. The Labute approximate surface area is 377 Å². The van der Waals surface area contributed by atoms with Gasteiger partial charge in [0.15, 0.2) is 15.5 Å². The third kappa shape index (κ3) is 13.3. The maximum Gasteiger partial charge on any atom is 0.160 e. The van der Waals surface area contributed by atoms with Gasteiger partial charge in [-0.25, -0.2) is 0 Å². The Kier molecular flexibility index (Phi) is 19.8. The van der Waals surface area contributed by atoms with Crippen LogP contribution in [0.3, 0.4) is 0 Å². The van der Waals surface area contributed by atoms with Gasteiger partial charge in [0.1, 0.15) is 0 Å². The Bertz CT molecular complexity index is 1450. The van der Waals surface area contributed by atoms with Gasteiger partial charge in [-0.15, -0.1) is 0 Å². The predicted octanol–water partition coefficient (Wildman–Crippen LogP) is -6.24. The number of hydrogen-bond acceptors (Lipinski definition) is 13. The van der Waals surface area contributed by atoms with Crippen molar-refractivity contribution in [2.75, 3.05) is 56.5 Å². The Morgan fingerprint density at radius 1 is 0.500 bits per heavy atom. The van der Waals surface area contributed by atoms with Gasteiger partial charge in [-0.05, 0) is 16.7 Å². The van der Waals surface area contributed by atoms with E-state index in [1.807, 2.05) is 35.3 Å². The van der Waals surface area contributed by atoms with Gasteiger partial charge in [0.25, 0.3) is 0 Å². The Morgan fingerprint density at radius 3 is 0.960 bits per heavy atom. The smallest absolute Gasteiger partial charge is 0.160 e. The fourth-order valence-corrected chi connectivity index (χ4v) is 9.01. The van der Waals surface area contributed by atoms with E-state index in [2.05, 4.69) is 106 Å². The molecular weight excluding hydrogens is 761 g/mol. The fraction of sp³-hybridized carbons (Fsp3) is 0.364. The summed E-state index contributed by atoms with van der Waals surface area (Å²) in [5.74, 6) is 3.63. The number of hydrogen-bond donors (Lipinski definition) is 0. The summed E-state index contributed by atoms with van der Waals surface area (Å²) in [6, 6.07) is 32.8. The van der Waals surface area contributed by atoms with Crippen LogP contribution < -0.4 is 101 Å². The van der Waals surface area contributed by atoms with Crippen molar-refractivity contribution in [3.63, 3.8) is 0 Å². The summed E-state index contributed by atoms with van der Waals surface area (Å²) in [7, 11) is 0. The quantitative estimate of drug-likeness (QED) is 0.236. The van der Waals surface area contributed by atoms with Crippen molar-refractivity contribution in [1.82, 2.24) is 14.7 Å². The molecule has 3 fully saturated rings. The molecule has 10 nitrogen and oxygen atoms in total. The second-order valence-corrected chi connectivity index (χ2v) is 15.9. The third-order valence-corrected chi connectivity index (χ3v) is 11.1. The number of benzene rings is 3. The van der Waals surface area contributed by atoms with Crippen LogP contribution in [-0.2, 0) is 18.7 Å². The third-order valence-electron chi connectivity index (χ3n) is 8.12. The molecule has 50 heavy (non-hydrogen) atoms. The van der Waals surface area contributed by atoms with Gasteiger partial charge in [-0.1, -0.05) is 126 Å². The van der Waals surface area contributed by atoms with E-state index in [-0.39, 0.29) is 88.7 Å². The van der Waals surface area contributed by atoms with E-state index in [0.717, 1.165) is 19.6 Å². The van der Waals surface area contributed by atoms with Gasteiger partial charge in [0.2, 0.25) is 0 Å². The second kappa shape index (κ2) is 22.1. The zero-order chi connectivity index (χ0) is 32.6. The predicted molar refractivity (Wildman–Crippen MR) is 183 cm³/mol. The molecule has 3 aromatic rings. The summed E-state index contributed by atoms with van der Waals surface area (Å²) in [6.45, 7) is 6.75. The molecule has 0 spiro atoms. The van der Waals surface area contributed by atoms with Crippen LogP contribution in [0.2, 0.25) is 0 Å². The molecule has 6 aliphatic rings. The molecule has 0 aromatic heterocycles. The van der Waals surface area contributed by atoms with Gasteiger partial charge in [0.05, 0.1) is 18.1 Å². The summed E-state index contributed by atoms with van der Waals surface area (Å²) < 4.78 is 34.4. The van der Waals surface area contributed by atoms with E-state index in [0.29, 0.717) is 18.1 Å². The Morgan fingerprint density at radius 2 is 0.740 bits per heavy atom. The van der Waals surface area contributed by atoms with E-state index < -0.39 is 15.0 Å². The van der Waals surface area contributed by atoms with Crippen LogP contribution in [0.4, 0.5) is 0 Å². The van der Waals surface area contributed by atoms with Gasteiger partial charge < -0.3 is 14.7 Å². The van der Waals surface area contributed by atoms with E-state index in [9.17, 15) is 0 Å². The molecule has 0 bridgehead atoms. The first-order valence-corrected chi connectivity index (χ1v) is 20.8. The van der Waals surface area contributed by atoms with E-state index in [1.165, 1.54) is 69.1 Å². The topological polar surface area (TPSA) is 133 Å². The normalized spacial score (nSPS) is 22.2. The fourth-order valence-electron chi connectivity index (χ4n) is 5.88. The van der Waals surface area contributed by atoms with E-state index >= 15 is 0 Å². The monoisotopic (exact) mass is 796 g/mol. The van der Waals surface area contributed by atoms with Crippen molar-refractivity contribution < 1.29 is 119 Å². The Balaban J connectivity index is 0.000000185. The van der Waals surface area contributed by atoms with E-state index in [1.54, 1.807) is 0 Å². The largest absolute Gasteiger partial charge is 0.348 e. The second-order valence-electron chi connectivity index (χ2n) is 11.3. The molecule has 0 saturated carbocycles. The number of amidine groups is 3. The molecule has 0 amide bonds. The molecule has 3 saturated heterocycles. The average molecular weight is 797 g/mol. The molecule has 6 heterocycles. The maximum absolute atomic E-state index is 8.61. The summed E-state index contributed by atoms with van der Waals surface area (Å²) in [5, 5.41) is 3.75. The van der Waals surface area contributed by atoms with Crippen LogP contribution in [0.1, 0.15) is 34.8 Å². The van der Waals surface area contributed by atoms with Crippen LogP contribution in [-0.4, -0.2) is 86.7 Å². The Hall–Kier alpha value is 0.384. The minimum absolute atomic E-state index is 0. The van der Waals surface area contributed by atoms with Crippen LogP contribution >= 0.6 is 35.3 Å². The SMILES string of the molecule is [Na+].[Na+].[Na+].[O]=[V]([O-])([O-])[O-].c1ccc(C2CN3CCSC3=N2)cc1.c1ccc(C2CN3CCSC3=N2)cc1.c1ccc(C2CN3CCSC3=N2)cc1. The van der Waals surface area contributed by atoms with Crippen molar-refractivity contribution >= 4 is 50.8 Å². The number of nitrogens with zero attached hydrogens (tertiary/aromatic N) is 6. The van der Waals surface area contributed by atoms with Crippen LogP contribution in [0.15, 0.2) is 106 Å². The minimum atomic E-state index is -5.88. The summed E-state index contributed by atoms with van der Waals surface area (Å²) in [5.41, 5.74) is 4.03. The molecule has 3 unspecified atom stereocenters. The van der Waals surface area contributed by atoms with Gasteiger partial charge in [0, 0.05) is 56.5 Å². The van der Waals surface area contributed by atoms with Gasteiger partial charge in [-0.3, -0.25) is 15.0 Å². The number of aliphatic imine (C=N–C) groups is 3. The minimum Gasteiger partial charge on any atom is -0.348 e. The van der Waals surface area contributed by atoms with Crippen molar-refractivity contribution in [2.45, 2.75) is 18.1 Å². The summed E-state index contributed by atoms with van der Waals surface area (Å²) in [6.07, 6.45) is 0. The molecule has 17 heteroatoms. The van der Waals surface area contributed by atoms with Crippen molar-refractivity contribution in [2.24, 2.45) is 15.0 Å². The zero-order valence-corrected chi connectivity index (χ0v) is 38.6. The first-order valence-electron chi connectivity index (χ1n) is 15.5.